The quantitative estimate of drug-likeness (QED) is 0.821. The van der Waals surface area contributed by atoms with E-state index in [0.29, 0.717) is 24.6 Å². The van der Waals surface area contributed by atoms with E-state index in [2.05, 4.69) is 15.4 Å². The lowest BCUT2D eigenvalue weighted by molar-refractivity contribution is 0.0385. The van der Waals surface area contributed by atoms with Crippen LogP contribution in [0, 0.1) is 5.92 Å². The van der Waals surface area contributed by atoms with Crippen LogP contribution in [0.1, 0.15) is 22.8 Å². The van der Waals surface area contributed by atoms with Crippen LogP contribution in [0.15, 0.2) is 41.5 Å². The van der Waals surface area contributed by atoms with Gasteiger partial charge in [0.05, 0.1) is 12.6 Å². The predicted molar refractivity (Wildman–Crippen MR) is 92.8 cm³/mol. The number of benzene rings is 1. The highest BCUT2D eigenvalue weighted by atomic mass is 16.5. The molecule has 0 radical (unpaired) electrons. The van der Waals surface area contributed by atoms with Crippen molar-refractivity contribution in [1.29, 1.82) is 0 Å². The molecule has 0 unspecified atom stereocenters. The minimum Gasteiger partial charge on any atom is -0.379 e. The Balaban J connectivity index is 1.91. The Kier molecular flexibility index (Phi) is 4.90. The summed E-state index contributed by atoms with van der Waals surface area (Å²) >= 11 is 0. The van der Waals surface area contributed by atoms with Crippen LogP contribution in [0.4, 0.5) is 11.5 Å². The standard InChI is InChI=1S/C17H21N5O2/c1-19-9-12-7-8-24-11-15(12)22-10-14(16(18)23)17(21-22)20-13-5-3-2-4-6-13/h2-6,9-10,12,15H,7-8,11H2,1H3,(H2,18,23)(H,20,21)/t12-,15+/m1/s1. The first kappa shape index (κ1) is 16.2. The number of para-hydroxylation sites is 1. The monoisotopic (exact) mass is 327 g/mol. The van der Waals surface area contributed by atoms with Crippen molar-refractivity contribution in [3.8, 4) is 0 Å². The number of primary amides is 1. The van der Waals surface area contributed by atoms with E-state index >= 15 is 0 Å². The zero-order chi connectivity index (χ0) is 16.9. The van der Waals surface area contributed by atoms with Crippen molar-refractivity contribution in [2.45, 2.75) is 12.5 Å². The molecule has 1 aliphatic heterocycles. The maximum absolute atomic E-state index is 11.8. The number of aliphatic imine (C=N–C) groups is 1. The van der Waals surface area contributed by atoms with E-state index in [-0.39, 0.29) is 12.0 Å². The average molecular weight is 327 g/mol. The number of nitrogens with two attached hydrogens (primary N) is 1. The minimum atomic E-state index is -0.517. The fraction of sp³-hybridized carbons (Fsp3) is 0.353. The number of carbonyl (C=O) groups excluding carboxylic acids is 1. The average Bonchev–Trinajstić information content (AvgIpc) is 3.00. The number of hydrogen-bond donors (Lipinski definition) is 2. The highest BCUT2D eigenvalue weighted by Crippen LogP contribution is 2.28. The summed E-state index contributed by atoms with van der Waals surface area (Å²) in [7, 11) is 1.76. The molecule has 0 saturated carbocycles. The Labute approximate surface area is 140 Å². The molecule has 126 valence electrons. The molecule has 1 saturated heterocycles. The summed E-state index contributed by atoms with van der Waals surface area (Å²) in [5, 5.41) is 7.70. The molecule has 0 spiro atoms. The molecule has 0 aliphatic carbocycles. The lowest BCUT2D eigenvalue weighted by Gasteiger charge is -2.29. The number of rotatable bonds is 5. The van der Waals surface area contributed by atoms with E-state index < -0.39 is 5.91 Å². The van der Waals surface area contributed by atoms with Crippen LogP contribution in [-0.2, 0) is 4.74 Å². The number of ether oxygens (including phenoxy) is 1. The second kappa shape index (κ2) is 7.27. The van der Waals surface area contributed by atoms with Crippen molar-refractivity contribution in [2.75, 3.05) is 25.6 Å². The van der Waals surface area contributed by atoms with Crippen LogP contribution in [0.2, 0.25) is 0 Å². The third-order valence-electron chi connectivity index (χ3n) is 4.09. The molecule has 0 bridgehead atoms. The smallest absolute Gasteiger partial charge is 0.254 e. The molecule has 1 amide bonds. The number of nitrogens with one attached hydrogen (secondary N) is 1. The fourth-order valence-corrected chi connectivity index (χ4v) is 2.87. The van der Waals surface area contributed by atoms with E-state index in [0.717, 1.165) is 12.1 Å². The summed E-state index contributed by atoms with van der Waals surface area (Å²) in [5.41, 5.74) is 6.72. The number of anilines is 2. The number of amides is 1. The summed E-state index contributed by atoms with van der Waals surface area (Å²) in [6.07, 6.45) is 4.47. The van der Waals surface area contributed by atoms with Gasteiger partial charge in [-0.25, -0.2) is 0 Å². The first-order chi connectivity index (χ1) is 11.7. The first-order valence-corrected chi connectivity index (χ1v) is 7.90. The minimum absolute atomic E-state index is 0.00752. The second-order valence-electron chi connectivity index (χ2n) is 5.73. The maximum atomic E-state index is 11.8. The van der Waals surface area contributed by atoms with Crippen LogP contribution in [-0.4, -0.2) is 42.2 Å². The Morgan fingerprint density at radius 1 is 1.46 bits per heavy atom. The Morgan fingerprint density at radius 3 is 2.96 bits per heavy atom. The van der Waals surface area contributed by atoms with E-state index in [4.69, 9.17) is 10.5 Å². The van der Waals surface area contributed by atoms with Crippen molar-refractivity contribution in [2.24, 2.45) is 16.6 Å². The summed E-state index contributed by atoms with van der Waals surface area (Å²) < 4.78 is 7.34. The van der Waals surface area contributed by atoms with Gasteiger partial charge in [-0.1, -0.05) is 18.2 Å². The number of aromatic nitrogens is 2. The summed E-state index contributed by atoms with van der Waals surface area (Å²) in [4.78, 5) is 15.9. The zero-order valence-corrected chi connectivity index (χ0v) is 13.6. The molecule has 1 aromatic carbocycles. The SMILES string of the molecule is CN=C[C@H]1CCOC[C@@H]1n1cc(C(N)=O)c(Nc2ccccc2)n1. The van der Waals surface area contributed by atoms with Gasteiger partial charge in [0, 0.05) is 37.7 Å². The second-order valence-corrected chi connectivity index (χ2v) is 5.73. The molecule has 2 heterocycles. The van der Waals surface area contributed by atoms with E-state index in [1.165, 1.54) is 0 Å². The highest BCUT2D eigenvalue weighted by molar-refractivity contribution is 5.98. The molecule has 3 N–H and O–H groups in total. The number of hydrogen-bond acceptors (Lipinski definition) is 5. The normalized spacial score (nSPS) is 21.0. The largest absolute Gasteiger partial charge is 0.379 e. The van der Waals surface area contributed by atoms with Crippen LogP contribution >= 0.6 is 0 Å². The van der Waals surface area contributed by atoms with Crippen LogP contribution in [0.25, 0.3) is 0 Å². The van der Waals surface area contributed by atoms with Crippen LogP contribution < -0.4 is 11.1 Å². The molecule has 24 heavy (non-hydrogen) atoms. The summed E-state index contributed by atoms with van der Waals surface area (Å²) in [6, 6.07) is 9.54. The van der Waals surface area contributed by atoms with Gasteiger partial charge in [0.15, 0.2) is 5.82 Å². The molecule has 2 atom stereocenters. The molecule has 1 aliphatic rings. The molecule has 7 heteroatoms. The zero-order valence-electron chi connectivity index (χ0n) is 13.6. The van der Waals surface area contributed by atoms with Gasteiger partial charge in [-0.15, -0.1) is 0 Å². The van der Waals surface area contributed by atoms with Crippen LogP contribution in [0.5, 0.6) is 0 Å². The van der Waals surface area contributed by atoms with E-state index in [1.54, 1.807) is 17.9 Å². The van der Waals surface area contributed by atoms with Gasteiger partial charge < -0.3 is 20.8 Å². The van der Waals surface area contributed by atoms with Gasteiger partial charge in [-0.05, 0) is 18.6 Å². The highest BCUT2D eigenvalue weighted by Gasteiger charge is 2.28. The van der Waals surface area contributed by atoms with Crippen molar-refractivity contribution >= 4 is 23.6 Å². The lowest BCUT2D eigenvalue weighted by Crippen LogP contribution is -2.31. The third-order valence-corrected chi connectivity index (χ3v) is 4.09. The number of nitrogens with zero attached hydrogens (tertiary/aromatic N) is 3. The van der Waals surface area contributed by atoms with Crippen LogP contribution in [0.3, 0.4) is 0 Å². The first-order valence-electron chi connectivity index (χ1n) is 7.90. The van der Waals surface area contributed by atoms with Gasteiger partial charge in [-0.2, -0.15) is 5.10 Å². The van der Waals surface area contributed by atoms with Crippen molar-refractivity contribution < 1.29 is 9.53 Å². The predicted octanol–water partition coefficient (Wildman–Crippen LogP) is 2.00. The molecular formula is C17H21N5O2. The van der Waals surface area contributed by atoms with Gasteiger partial charge >= 0.3 is 0 Å². The summed E-state index contributed by atoms with van der Waals surface area (Å²) in [5.74, 6) is 0.150. The maximum Gasteiger partial charge on any atom is 0.254 e. The van der Waals surface area contributed by atoms with Crippen molar-refractivity contribution in [3.63, 3.8) is 0 Å². The van der Waals surface area contributed by atoms with Crippen molar-refractivity contribution in [3.05, 3.63) is 42.1 Å². The number of carbonyl (C=O) groups is 1. The lowest BCUT2D eigenvalue weighted by atomic mass is 9.96. The van der Waals surface area contributed by atoms with E-state index in [9.17, 15) is 4.79 Å². The third kappa shape index (κ3) is 3.46. The molecular weight excluding hydrogens is 306 g/mol. The fourth-order valence-electron chi connectivity index (χ4n) is 2.87. The Bertz CT molecular complexity index is 726. The molecule has 1 fully saturated rings. The molecule has 7 nitrogen and oxygen atoms in total. The van der Waals surface area contributed by atoms with Gasteiger partial charge in [-0.3, -0.25) is 9.48 Å². The molecule has 2 aromatic rings. The summed E-state index contributed by atoms with van der Waals surface area (Å²) in [6.45, 7) is 1.23. The van der Waals surface area contributed by atoms with E-state index in [1.807, 2.05) is 36.5 Å². The van der Waals surface area contributed by atoms with Gasteiger partial charge in [0.25, 0.3) is 5.91 Å². The molecule has 1 aromatic heterocycles. The van der Waals surface area contributed by atoms with Gasteiger partial charge in [0.1, 0.15) is 5.56 Å². The van der Waals surface area contributed by atoms with Gasteiger partial charge in [0.2, 0.25) is 0 Å². The Morgan fingerprint density at radius 2 is 2.25 bits per heavy atom. The topological polar surface area (TPSA) is 94.5 Å². The Hall–Kier alpha value is -2.67. The molecule has 3 rings (SSSR count). The van der Waals surface area contributed by atoms with Crippen molar-refractivity contribution in [1.82, 2.24) is 9.78 Å².